The van der Waals surface area contributed by atoms with Gasteiger partial charge in [-0.1, -0.05) is 19.1 Å². The normalized spacial score (nSPS) is 20.3. The van der Waals surface area contributed by atoms with Crippen molar-refractivity contribution < 1.29 is 13.2 Å². The molecule has 0 aliphatic carbocycles. The van der Waals surface area contributed by atoms with E-state index >= 15 is 0 Å². The van der Waals surface area contributed by atoms with Gasteiger partial charge in [0.15, 0.2) is 0 Å². The summed E-state index contributed by atoms with van der Waals surface area (Å²) >= 11 is 0. The average molecular weight is 311 g/mol. The fourth-order valence-electron chi connectivity index (χ4n) is 2.64. The molecule has 1 fully saturated rings. The molecular formula is C14H21N3O3S. The maximum Gasteiger partial charge on any atom is 0.246 e. The van der Waals surface area contributed by atoms with Crippen LogP contribution in [0.5, 0.6) is 0 Å². The standard InChI is InChI=1S/C14H21N3O3S/c1-4-11-14(18)16-7-8-17(11)21(19,20)13-10(3)6-5-9(2)12(13)15/h5-6,11H,4,7-8,15H2,1-3H3,(H,16,18). The maximum absolute atomic E-state index is 13.0. The molecule has 0 saturated carbocycles. The number of hydrogen-bond acceptors (Lipinski definition) is 4. The maximum atomic E-state index is 13.0. The van der Waals surface area contributed by atoms with Gasteiger partial charge in [0.25, 0.3) is 0 Å². The number of nitrogens with two attached hydrogens (primary N) is 1. The summed E-state index contributed by atoms with van der Waals surface area (Å²) in [5.74, 6) is -0.254. The molecule has 1 aromatic carbocycles. The first-order valence-electron chi connectivity index (χ1n) is 6.96. The molecule has 6 nitrogen and oxygen atoms in total. The molecule has 2 rings (SSSR count). The van der Waals surface area contributed by atoms with Gasteiger partial charge in [0.05, 0.1) is 5.69 Å². The SMILES string of the molecule is CCC1C(=O)NCCN1S(=O)(=O)c1c(C)ccc(C)c1N. The van der Waals surface area contributed by atoms with Gasteiger partial charge in [0.2, 0.25) is 15.9 Å². The van der Waals surface area contributed by atoms with Gasteiger partial charge >= 0.3 is 0 Å². The van der Waals surface area contributed by atoms with Crippen LogP contribution in [0.25, 0.3) is 0 Å². The van der Waals surface area contributed by atoms with E-state index in [9.17, 15) is 13.2 Å². The zero-order valence-electron chi connectivity index (χ0n) is 12.5. The second-order valence-corrected chi connectivity index (χ2v) is 7.10. The summed E-state index contributed by atoms with van der Waals surface area (Å²) in [6, 6.07) is 2.86. The molecule has 0 aromatic heterocycles. The van der Waals surface area contributed by atoms with Crippen molar-refractivity contribution >= 4 is 21.6 Å². The smallest absolute Gasteiger partial charge is 0.246 e. The lowest BCUT2D eigenvalue weighted by Crippen LogP contribution is -2.56. The Morgan fingerprint density at radius 3 is 2.57 bits per heavy atom. The predicted octanol–water partition coefficient (Wildman–Crippen LogP) is 0.785. The first-order valence-corrected chi connectivity index (χ1v) is 8.40. The zero-order valence-corrected chi connectivity index (χ0v) is 13.3. The molecule has 1 heterocycles. The summed E-state index contributed by atoms with van der Waals surface area (Å²) in [6.07, 6.45) is 0.426. The number of amides is 1. The van der Waals surface area contributed by atoms with Crippen molar-refractivity contribution in [2.75, 3.05) is 18.8 Å². The van der Waals surface area contributed by atoms with Crippen LogP contribution < -0.4 is 11.1 Å². The Morgan fingerprint density at radius 1 is 1.33 bits per heavy atom. The van der Waals surface area contributed by atoms with Crippen molar-refractivity contribution in [2.24, 2.45) is 0 Å². The van der Waals surface area contributed by atoms with E-state index in [4.69, 9.17) is 5.73 Å². The van der Waals surface area contributed by atoms with Gasteiger partial charge in [-0.2, -0.15) is 4.31 Å². The zero-order chi connectivity index (χ0) is 15.8. The number of benzene rings is 1. The molecule has 21 heavy (non-hydrogen) atoms. The summed E-state index contributed by atoms with van der Waals surface area (Å²) in [5, 5.41) is 2.70. The van der Waals surface area contributed by atoms with Crippen LogP contribution in [0.1, 0.15) is 24.5 Å². The largest absolute Gasteiger partial charge is 0.397 e. The van der Waals surface area contributed by atoms with Gasteiger partial charge in [-0.05, 0) is 31.4 Å². The number of hydrogen-bond donors (Lipinski definition) is 2. The Bertz CT molecular complexity index is 670. The Hall–Kier alpha value is -1.60. The number of piperazine rings is 1. The topological polar surface area (TPSA) is 92.5 Å². The number of carbonyl (C=O) groups excluding carboxylic acids is 1. The highest BCUT2D eigenvalue weighted by Crippen LogP contribution is 2.30. The molecule has 1 aromatic rings. The number of anilines is 1. The Kier molecular flexibility index (Phi) is 4.25. The van der Waals surface area contributed by atoms with Crippen molar-refractivity contribution in [3.8, 4) is 0 Å². The minimum atomic E-state index is -3.79. The van der Waals surface area contributed by atoms with Crippen molar-refractivity contribution in [1.29, 1.82) is 0 Å². The molecule has 7 heteroatoms. The minimum absolute atomic E-state index is 0.121. The van der Waals surface area contributed by atoms with Crippen LogP contribution in [0.4, 0.5) is 5.69 Å². The summed E-state index contributed by atoms with van der Waals surface area (Å²) in [6.45, 7) is 5.87. The van der Waals surface area contributed by atoms with E-state index in [2.05, 4.69) is 5.32 Å². The van der Waals surface area contributed by atoms with Crippen LogP contribution >= 0.6 is 0 Å². The van der Waals surface area contributed by atoms with Gasteiger partial charge in [-0.15, -0.1) is 0 Å². The molecule has 3 N–H and O–H groups in total. The fourth-order valence-corrected chi connectivity index (χ4v) is 4.70. The fraction of sp³-hybridized carbons (Fsp3) is 0.500. The van der Waals surface area contributed by atoms with Crippen LogP contribution in [0.3, 0.4) is 0 Å². The van der Waals surface area contributed by atoms with E-state index < -0.39 is 16.1 Å². The number of nitrogens with zero attached hydrogens (tertiary/aromatic N) is 1. The number of sulfonamides is 1. The van der Waals surface area contributed by atoms with Gasteiger partial charge in [-0.25, -0.2) is 8.42 Å². The van der Waals surface area contributed by atoms with E-state index in [0.717, 1.165) is 0 Å². The lowest BCUT2D eigenvalue weighted by atomic mass is 10.1. The van der Waals surface area contributed by atoms with Crippen molar-refractivity contribution in [1.82, 2.24) is 9.62 Å². The first kappa shape index (κ1) is 15.8. The number of nitrogens with one attached hydrogen (secondary N) is 1. The van der Waals surface area contributed by atoms with Crippen molar-refractivity contribution in [3.63, 3.8) is 0 Å². The van der Waals surface area contributed by atoms with Crippen LogP contribution in [-0.2, 0) is 14.8 Å². The molecule has 1 aliphatic heterocycles. The van der Waals surface area contributed by atoms with Crippen LogP contribution in [0.15, 0.2) is 17.0 Å². The highest BCUT2D eigenvalue weighted by Gasteiger charge is 2.38. The van der Waals surface area contributed by atoms with Crippen molar-refractivity contribution in [2.45, 2.75) is 38.1 Å². The van der Waals surface area contributed by atoms with E-state index in [1.165, 1.54) is 4.31 Å². The number of nitrogen functional groups attached to an aromatic ring is 1. The third kappa shape index (κ3) is 2.63. The quantitative estimate of drug-likeness (QED) is 0.807. The Morgan fingerprint density at radius 2 is 1.95 bits per heavy atom. The Balaban J connectivity index is 2.57. The molecule has 0 bridgehead atoms. The van der Waals surface area contributed by atoms with E-state index in [1.807, 2.05) is 0 Å². The lowest BCUT2D eigenvalue weighted by molar-refractivity contribution is -0.126. The second-order valence-electron chi connectivity index (χ2n) is 5.27. The number of carbonyl (C=O) groups is 1. The number of rotatable bonds is 3. The van der Waals surface area contributed by atoms with Crippen molar-refractivity contribution in [3.05, 3.63) is 23.3 Å². The molecule has 116 valence electrons. The first-order chi connectivity index (χ1) is 9.80. The molecule has 1 atom stereocenters. The molecule has 0 spiro atoms. The summed E-state index contributed by atoms with van der Waals surface area (Å²) in [4.78, 5) is 12.0. The Labute approximate surface area is 125 Å². The van der Waals surface area contributed by atoms with Crippen LogP contribution in [0.2, 0.25) is 0 Å². The molecule has 1 amide bonds. The molecule has 1 saturated heterocycles. The highest BCUT2D eigenvalue weighted by molar-refractivity contribution is 7.89. The van der Waals surface area contributed by atoms with Crippen LogP contribution in [-0.4, -0.2) is 37.8 Å². The monoisotopic (exact) mass is 311 g/mol. The number of aryl methyl sites for hydroxylation is 2. The summed E-state index contributed by atoms with van der Waals surface area (Å²) in [7, 11) is -3.79. The molecule has 1 unspecified atom stereocenters. The van der Waals surface area contributed by atoms with Gasteiger partial charge in [0, 0.05) is 13.1 Å². The summed E-state index contributed by atoms with van der Waals surface area (Å²) in [5.41, 5.74) is 7.56. The van der Waals surface area contributed by atoms with E-state index in [1.54, 1.807) is 32.9 Å². The predicted molar refractivity (Wildman–Crippen MR) is 81.3 cm³/mol. The third-order valence-electron chi connectivity index (χ3n) is 3.85. The van der Waals surface area contributed by atoms with E-state index in [0.29, 0.717) is 24.1 Å². The minimum Gasteiger partial charge on any atom is -0.397 e. The van der Waals surface area contributed by atoms with Gasteiger partial charge < -0.3 is 11.1 Å². The third-order valence-corrected chi connectivity index (χ3v) is 5.96. The molecule has 0 radical (unpaired) electrons. The highest BCUT2D eigenvalue weighted by atomic mass is 32.2. The van der Waals surface area contributed by atoms with Gasteiger partial charge in [0.1, 0.15) is 10.9 Å². The van der Waals surface area contributed by atoms with Gasteiger partial charge in [-0.3, -0.25) is 4.79 Å². The average Bonchev–Trinajstić information content (AvgIpc) is 2.43. The molecular weight excluding hydrogens is 290 g/mol. The lowest BCUT2D eigenvalue weighted by Gasteiger charge is -2.34. The van der Waals surface area contributed by atoms with E-state index in [-0.39, 0.29) is 23.0 Å². The summed E-state index contributed by atoms with van der Waals surface area (Å²) < 4.78 is 27.2. The van der Waals surface area contributed by atoms with Crippen LogP contribution in [0, 0.1) is 13.8 Å². The molecule has 1 aliphatic rings. The second kappa shape index (κ2) is 5.65.